The Kier molecular flexibility index (Phi) is 4.67. The van der Waals surface area contributed by atoms with Gasteiger partial charge in [0.25, 0.3) is 5.91 Å². The summed E-state index contributed by atoms with van der Waals surface area (Å²) in [6, 6.07) is 13.8. The first-order chi connectivity index (χ1) is 8.86. The average Bonchev–Trinajstić information content (AvgIpc) is 2.93. The van der Waals surface area contributed by atoms with E-state index >= 15 is 0 Å². The summed E-state index contributed by atoms with van der Waals surface area (Å²) in [6.45, 7) is 0. The zero-order chi connectivity index (χ0) is 12.6. The summed E-state index contributed by atoms with van der Waals surface area (Å²) < 4.78 is 0. The summed E-state index contributed by atoms with van der Waals surface area (Å²) in [5.41, 5.74) is 3.78. The van der Waals surface area contributed by atoms with Crippen LogP contribution in [0.5, 0.6) is 0 Å². The average molecular weight is 258 g/mol. The van der Waals surface area contributed by atoms with Crippen LogP contribution in [0.25, 0.3) is 0 Å². The van der Waals surface area contributed by atoms with Crippen LogP contribution in [0.1, 0.15) is 21.7 Å². The largest absolute Gasteiger partial charge is 0.281 e. The molecule has 0 aliphatic rings. The van der Waals surface area contributed by atoms with E-state index in [9.17, 15) is 4.79 Å². The van der Waals surface area contributed by atoms with E-state index in [1.165, 1.54) is 16.9 Å². The molecule has 1 N–H and O–H groups in total. The molecule has 92 valence electrons. The van der Waals surface area contributed by atoms with Crippen molar-refractivity contribution in [2.24, 2.45) is 5.10 Å². The predicted octanol–water partition coefficient (Wildman–Crippen LogP) is 3.10. The van der Waals surface area contributed by atoms with Crippen molar-refractivity contribution in [1.82, 2.24) is 5.43 Å². The van der Waals surface area contributed by atoms with Crippen molar-refractivity contribution >= 4 is 23.5 Å². The summed E-state index contributed by atoms with van der Waals surface area (Å²) >= 11 is 1.41. The summed E-state index contributed by atoms with van der Waals surface area (Å²) in [5.74, 6) is -0.152. The van der Waals surface area contributed by atoms with Gasteiger partial charge in [-0.1, -0.05) is 36.4 Å². The van der Waals surface area contributed by atoms with E-state index < -0.39 is 0 Å². The molecular weight excluding hydrogens is 244 g/mol. The highest BCUT2D eigenvalue weighted by Gasteiger charge is 2.03. The maximum Gasteiger partial charge on any atom is 0.281 e. The minimum atomic E-state index is -0.152. The van der Waals surface area contributed by atoms with Gasteiger partial charge in [-0.25, -0.2) is 5.43 Å². The lowest BCUT2D eigenvalue weighted by Gasteiger charge is -1.97. The monoisotopic (exact) mass is 258 g/mol. The second-order valence-electron chi connectivity index (χ2n) is 3.75. The molecule has 0 radical (unpaired) electrons. The molecule has 18 heavy (non-hydrogen) atoms. The first-order valence-corrected chi connectivity index (χ1v) is 6.63. The topological polar surface area (TPSA) is 41.5 Å². The Balaban J connectivity index is 1.71. The molecule has 2 aromatic rings. The number of carbonyl (C=O) groups excluding carboxylic acids is 1. The van der Waals surface area contributed by atoms with E-state index in [1.807, 2.05) is 29.6 Å². The molecule has 0 atom stereocenters. The number of carbonyl (C=O) groups is 1. The molecule has 3 nitrogen and oxygen atoms in total. The molecule has 1 heterocycles. The van der Waals surface area contributed by atoms with Gasteiger partial charge in [-0.2, -0.15) is 5.10 Å². The predicted molar refractivity (Wildman–Crippen MR) is 75.0 cm³/mol. The number of hydrogen-bond donors (Lipinski definition) is 1. The third kappa shape index (κ3) is 3.82. The van der Waals surface area contributed by atoms with Gasteiger partial charge in [0.1, 0.15) is 0 Å². The minimum absolute atomic E-state index is 0.152. The van der Waals surface area contributed by atoms with Crippen molar-refractivity contribution in [3.05, 3.63) is 58.3 Å². The van der Waals surface area contributed by atoms with Crippen molar-refractivity contribution in [2.45, 2.75) is 12.8 Å². The van der Waals surface area contributed by atoms with Gasteiger partial charge in [0, 0.05) is 6.21 Å². The lowest BCUT2D eigenvalue weighted by Crippen LogP contribution is -2.15. The van der Waals surface area contributed by atoms with Crippen molar-refractivity contribution in [3.63, 3.8) is 0 Å². The molecule has 0 unspecified atom stereocenters. The molecule has 0 aliphatic carbocycles. The van der Waals surface area contributed by atoms with Crippen molar-refractivity contribution in [2.75, 3.05) is 0 Å². The fourth-order valence-corrected chi connectivity index (χ4v) is 2.12. The van der Waals surface area contributed by atoms with Crippen LogP contribution in [0, 0.1) is 0 Å². The molecular formula is C14H14N2OS. The molecule has 4 heteroatoms. The Morgan fingerprint density at radius 1 is 1.22 bits per heavy atom. The number of nitrogens with one attached hydrogen (secondary N) is 1. The van der Waals surface area contributed by atoms with Crippen molar-refractivity contribution < 1.29 is 4.79 Å². The van der Waals surface area contributed by atoms with Gasteiger partial charge >= 0.3 is 0 Å². The molecule has 1 aromatic carbocycles. The second-order valence-corrected chi connectivity index (χ2v) is 4.70. The molecule has 0 saturated heterocycles. The van der Waals surface area contributed by atoms with Crippen molar-refractivity contribution in [1.29, 1.82) is 0 Å². The molecule has 0 fully saturated rings. The number of rotatable bonds is 5. The third-order valence-corrected chi connectivity index (χ3v) is 3.28. The lowest BCUT2D eigenvalue weighted by molar-refractivity contribution is 0.0959. The van der Waals surface area contributed by atoms with Crippen LogP contribution in [0.2, 0.25) is 0 Å². The van der Waals surface area contributed by atoms with Gasteiger partial charge in [0.15, 0.2) is 0 Å². The molecule has 1 amide bonds. The van der Waals surface area contributed by atoms with Gasteiger partial charge in [-0.15, -0.1) is 11.3 Å². The smallest absolute Gasteiger partial charge is 0.266 e. The highest BCUT2D eigenvalue weighted by atomic mass is 32.1. The quantitative estimate of drug-likeness (QED) is 0.650. The van der Waals surface area contributed by atoms with E-state index in [0.29, 0.717) is 4.88 Å². The van der Waals surface area contributed by atoms with Crippen LogP contribution in [0.15, 0.2) is 52.9 Å². The van der Waals surface area contributed by atoms with Crippen LogP contribution in [-0.2, 0) is 6.42 Å². The summed E-state index contributed by atoms with van der Waals surface area (Å²) in [6.07, 6.45) is 3.48. The van der Waals surface area contributed by atoms with Crippen LogP contribution in [-0.4, -0.2) is 12.1 Å². The first-order valence-electron chi connectivity index (χ1n) is 5.75. The zero-order valence-corrected chi connectivity index (χ0v) is 10.7. The highest BCUT2D eigenvalue weighted by Crippen LogP contribution is 2.07. The van der Waals surface area contributed by atoms with E-state index in [1.54, 1.807) is 12.3 Å². The summed E-state index contributed by atoms with van der Waals surface area (Å²) in [4.78, 5) is 12.2. The Hall–Kier alpha value is -1.94. The molecule has 0 spiro atoms. The SMILES string of the molecule is O=C(NN=CCCc1ccccc1)c1cccs1. The van der Waals surface area contributed by atoms with Gasteiger partial charge in [-0.3, -0.25) is 4.79 Å². The minimum Gasteiger partial charge on any atom is -0.266 e. The van der Waals surface area contributed by atoms with Crippen molar-refractivity contribution in [3.8, 4) is 0 Å². The van der Waals surface area contributed by atoms with Gasteiger partial charge < -0.3 is 0 Å². The van der Waals surface area contributed by atoms with E-state index in [4.69, 9.17) is 0 Å². The number of aryl methyl sites for hydroxylation is 1. The second kappa shape index (κ2) is 6.71. The van der Waals surface area contributed by atoms with Crippen LogP contribution in [0.3, 0.4) is 0 Å². The van der Waals surface area contributed by atoms with Gasteiger partial charge in [0.2, 0.25) is 0 Å². The molecule has 1 aromatic heterocycles. The Labute approximate surface area is 110 Å². The number of benzene rings is 1. The number of thiophene rings is 1. The fraction of sp³-hybridized carbons (Fsp3) is 0.143. The number of hydrazone groups is 1. The molecule has 0 bridgehead atoms. The van der Waals surface area contributed by atoms with E-state index in [0.717, 1.165) is 12.8 Å². The number of hydrogen-bond acceptors (Lipinski definition) is 3. The van der Waals surface area contributed by atoms with Crippen LogP contribution >= 0.6 is 11.3 Å². The van der Waals surface area contributed by atoms with E-state index in [-0.39, 0.29) is 5.91 Å². The van der Waals surface area contributed by atoms with E-state index in [2.05, 4.69) is 22.7 Å². The molecule has 0 aliphatic heterocycles. The standard InChI is InChI=1S/C14H14N2OS/c17-14(13-9-5-11-18-13)16-15-10-4-8-12-6-2-1-3-7-12/h1-3,5-7,9-11H,4,8H2,(H,16,17). The normalized spacial score (nSPS) is 10.7. The Morgan fingerprint density at radius 2 is 2.06 bits per heavy atom. The lowest BCUT2D eigenvalue weighted by atomic mass is 10.1. The summed E-state index contributed by atoms with van der Waals surface area (Å²) in [5, 5.41) is 5.79. The molecule has 0 saturated carbocycles. The molecule has 2 rings (SSSR count). The third-order valence-electron chi connectivity index (χ3n) is 2.41. The maximum absolute atomic E-state index is 11.5. The Bertz CT molecular complexity index is 506. The highest BCUT2D eigenvalue weighted by molar-refractivity contribution is 7.12. The summed E-state index contributed by atoms with van der Waals surface area (Å²) in [7, 11) is 0. The van der Waals surface area contributed by atoms with Crippen LogP contribution in [0.4, 0.5) is 0 Å². The fourth-order valence-electron chi connectivity index (χ4n) is 1.51. The van der Waals surface area contributed by atoms with Gasteiger partial charge in [0.05, 0.1) is 4.88 Å². The maximum atomic E-state index is 11.5. The number of amides is 1. The first kappa shape index (κ1) is 12.5. The number of nitrogens with zero attached hydrogens (tertiary/aromatic N) is 1. The van der Waals surface area contributed by atoms with Gasteiger partial charge in [-0.05, 0) is 29.9 Å². The zero-order valence-electron chi connectivity index (χ0n) is 9.87. The van der Waals surface area contributed by atoms with Crippen LogP contribution < -0.4 is 5.43 Å². The Morgan fingerprint density at radius 3 is 2.78 bits per heavy atom.